The predicted octanol–water partition coefficient (Wildman–Crippen LogP) is 16.0. The minimum atomic E-state index is -0.808. The molecule has 0 aliphatic rings. The molecule has 0 rings (SSSR count). The van der Waals surface area contributed by atoms with Gasteiger partial charge < -0.3 is 20.3 Å². The Bertz CT molecular complexity index is 1210. The quantitative estimate of drug-likeness (QED) is 0.0322. The van der Waals surface area contributed by atoms with Gasteiger partial charge in [0.25, 0.3) is 0 Å². The fourth-order valence-electron chi connectivity index (χ4n) is 7.57. The lowest BCUT2D eigenvalue weighted by atomic mass is 10.0. The highest BCUT2D eigenvalue weighted by atomic mass is 16.5. The van der Waals surface area contributed by atoms with E-state index in [1.807, 2.05) is 36.5 Å². The van der Waals surface area contributed by atoms with Gasteiger partial charge in [-0.3, -0.25) is 9.59 Å². The summed E-state index contributed by atoms with van der Waals surface area (Å²) in [7, 11) is 0. The topological polar surface area (TPSA) is 95.9 Å². The van der Waals surface area contributed by atoms with E-state index < -0.39 is 18.2 Å². The number of ether oxygens (including phenoxy) is 1. The van der Waals surface area contributed by atoms with E-state index in [4.69, 9.17) is 4.74 Å². The monoisotopic (exact) mass is 878 g/mol. The average Bonchev–Trinajstić information content (AvgIpc) is 3.28. The standard InChI is InChI=1S/C57H99NO5/c1-4-7-10-13-16-19-22-25-27-29-31-33-36-39-42-45-48-53(63-57(62)50-47-44-41-38-35-32-30-28-26-23-20-17-14-11-8-5-2)51-56(61)58-54(52-59)55(60)49-46-43-40-37-34-24-21-18-15-12-9-6-3/h10,13,16,19,22,25,27-33,35,53-55,59-60H,4-9,11-12,14-15,17-18,20-21,23-24,26,34,36-52H2,1-3H3,(H,58,61)/b13-10+,19-16+,25-22+,29-27+,30-28+,33-31+,35-32+. The van der Waals surface area contributed by atoms with E-state index in [0.29, 0.717) is 19.3 Å². The van der Waals surface area contributed by atoms with Crippen molar-refractivity contribution in [1.29, 1.82) is 0 Å². The molecule has 0 aliphatic heterocycles. The van der Waals surface area contributed by atoms with Gasteiger partial charge in [-0.15, -0.1) is 0 Å². The van der Waals surface area contributed by atoms with Crippen LogP contribution < -0.4 is 5.32 Å². The number of aliphatic hydroxyl groups is 2. The summed E-state index contributed by atoms with van der Waals surface area (Å²) in [5.41, 5.74) is 0. The van der Waals surface area contributed by atoms with Crippen LogP contribution in [-0.4, -0.2) is 46.9 Å². The maximum Gasteiger partial charge on any atom is 0.306 e. The Hall–Kier alpha value is -2.96. The van der Waals surface area contributed by atoms with E-state index >= 15 is 0 Å². The maximum absolute atomic E-state index is 13.2. The van der Waals surface area contributed by atoms with Gasteiger partial charge in [0.05, 0.1) is 25.2 Å². The zero-order chi connectivity index (χ0) is 45.9. The van der Waals surface area contributed by atoms with Gasteiger partial charge in [-0.25, -0.2) is 0 Å². The van der Waals surface area contributed by atoms with Crippen molar-refractivity contribution in [3.63, 3.8) is 0 Å². The molecular weight excluding hydrogens is 779 g/mol. The molecule has 0 heterocycles. The Morgan fingerprint density at radius 2 is 0.841 bits per heavy atom. The molecule has 63 heavy (non-hydrogen) atoms. The third-order valence-electron chi connectivity index (χ3n) is 11.6. The lowest BCUT2D eigenvalue weighted by Gasteiger charge is -2.24. The highest BCUT2D eigenvalue weighted by Crippen LogP contribution is 2.17. The summed E-state index contributed by atoms with van der Waals surface area (Å²) in [5, 5.41) is 23.8. The first-order chi connectivity index (χ1) is 31.0. The van der Waals surface area contributed by atoms with Crippen molar-refractivity contribution in [2.75, 3.05) is 6.61 Å². The van der Waals surface area contributed by atoms with Crippen LogP contribution >= 0.6 is 0 Å². The van der Waals surface area contributed by atoms with Crippen LogP contribution in [0.4, 0.5) is 0 Å². The second-order valence-corrected chi connectivity index (χ2v) is 17.7. The SMILES string of the molecule is CCC/C=C/C=C/C=C/C=C/C=C/CCCCCC(CC(=O)NC(CO)C(O)CCCCCCCCCCCCCC)OC(=O)CCCCC/C=C/C=C/CCCCCCCCC. The molecule has 6 heteroatoms. The summed E-state index contributed by atoms with van der Waals surface area (Å²) in [6.45, 7) is 6.37. The van der Waals surface area contributed by atoms with E-state index in [0.717, 1.165) is 83.5 Å². The van der Waals surface area contributed by atoms with Crippen molar-refractivity contribution in [3.8, 4) is 0 Å². The Balaban J connectivity index is 4.74. The van der Waals surface area contributed by atoms with Gasteiger partial charge in [0.1, 0.15) is 6.10 Å². The molecule has 3 unspecified atom stereocenters. The number of allylic oxidation sites excluding steroid dienone is 14. The first-order valence-electron chi connectivity index (χ1n) is 26.4. The van der Waals surface area contributed by atoms with Gasteiger partial charge in [0.2, 0.25) is 5.91 Å². The van der Waals surface area contributed by atoms with Crippen LogP contribution in [0.2, 0.25) is 0 Å². The predicted molar refractivity (Wildman–Crippen MR) is 273 cm³/mol. The van der Waals surface area contributed by atoms with Crippen molar-refractivity contribution in [2.45, 2.75) is 257 Å². The van der Waals surface area contributed by atoms with E-state index in [1.54, 1.807) is 0 Å². The molecule has 3 atom stereocenters. The molecule has 0 fully saturated rings. The second-order valence-electron chi connectivity index (χ2n) is 17.7. The zero-order valence-corrected chi connectivity index (χ0v) is 41.2. The summed E-state index contributed by atoms with van der Waals surface area (Å²) < 4.78 is 5.91. The van der Waals surface area contributed by atoms with E-state index in [1.165, 1.54) is 109 Å². The van der Waals surface area contributed by atoms with Crippen LogP contribution in [0.15, 0.2) is 85.1 Å². The molecule has 0 aromatic heterocycles. The summed E-state index contributed by atoms with van der Waals surface area (Å²) in [6.07, 6.45) is 64.9. The Kier molecular flexibility index (Phi) is 47.7. The highest BCUT2D eigenvalue weighted by molar-refractivity contribution is 5.77. The number of aliphatic hydroxyl groups excluding tert-OH is 2. The van der Waals surface area contributed by atoms with Gasteiger partial charge in [0.15, 0.2) is 0 Å². The zero-order valence-electron chi connectivity index (χ0n) is 41.2. The molecule has 0 bridgehead atoms. The Labute approximate surface area is 389 Å². The Morgan fingerprint density at radius 3 is 1.32 bits per heavy atom. The third-order valence-corrected chi connectivity index (χ3v) is 11.6. The van der Waals surface area contributed by atoms with Gasteiger partial charge in [0, 0.05) is 6.42 Å². The van der Waals surface area contributed by atoms with E-state index in [9.17, 15) is 19.8 Å². The molecule has 0 spiro atoms. The third kappa shape index (κ3) is 45.4. The van der Waals surface area contributed by atoms with Gasteiger partial charge >= 0.3 is 5.97 Å². The normalized spacial score (nSPS) is 13.9. The molecule has 3 N–H and O–H groups in total. The van der Waals surface area contributed by atoms with Crippen molar-refractivity contribution in [2.24, 2.45) is 0 Å². The molecule has 0 saturated heterocycles. The number of hydrogen-bond acceptors (Lipinski definition) is 5. The first-order valence-corrected chi connectivity index (χ1v) is 26.4. The number of rotatable bonds is 46. The largest absolute Gasteiger partial charge is 0.462 e. The highest BCUT2D eigenvalue weighted by Gasteiger charge is 2.24. The number of carbonyl (C=O) groups excluding carboxylic acids is 2. The van der Waals surface area contributed by atoms with Crippen LogP contribution in [0, 0.1) is 0 Å². The second kappa shape index (κ2) is 50.0. The number of unbranched alkanes of at least 4 members (excludes halogenated alkanes) is 25. The van der Waals surface area contributed by atoms with Crippen LogP contribution in [-0.2, 0) is 14.3 Å². The smallest absolute Gasteiger partial charge is 0.306 e. The lowest BCUT2D eigenvalue weighted by molar-refractivity contribution is -0.151. The number of amides is 1. The van der Waals surface area contributed by atoms with Crippen molar-refractivity contribution in [1.82, 2.24) is 5.32 Å². The van der Waals surface area contributed by atoms with Crippen LogP contribution in [0.5, 0.6) is 0 Å². The molecule has 0 aromatic carbocycles. The molecule has 6 nitrogen and oxygen atoms in total. The van der Waals surface area contributed by atoms with Gasteiger partial charge in [-0.2, -0.15) is 0 Å². The van der Waals surface area contributed by atoms with E-state index in [-0.39, 0.29) is 24.9 Å². The van der Waals surface area contributed by atoms with Crippen LogP contribution in [0.1, 0.15) is 239 Å². The summed E-state index contributed by atoms with van der Waals surface area (Å²) in [6, 6.07) is -0.725. The van der Waals surface area contributed by atoms with Crippen LogP contribution in [0.3, 0.4) is 0 Å². The number of carbonyl (C=O) groups is 2. The summed E-state index contributed by atoms with van der Waals surface area (Å²) in [5.74, 6) is -0.550. The fraction of sp³-hybridized carbons (Fsp3) is 0.719. The number of hydrogen-bond donors (Lipinski definition) is 3. The number of nitrogens with one attached hydrogen (secondary N) is 1. The van der Waals surface area contributed by atoms with E-state index in [2.05, 4.69) is 74.7 Å². The Morgan fingerprint density at radius 1 is 0.460 bits per heavy atom. The molecular formula is C57H99NO5. The maximum atomic E-state index is 13.2. The molecule has 0 radical (unpaired) electrons. The van der Waals surface area contributed by atoms with Crippen molar-refractivity contribution >= 4 is 11.9 Å². The minimum absolute atomic E-state index is 0.0350. The number of esters is 1. The van der Waals surface area contributed by atoms with Gasteiger partial charge in [-0.05, 0) is 70.6 Å². The molecule has 1 amide bonds. The minimum Gasteiger partial charge on any atom is -0.462 e. The van der Waals surface area contributed by atoms with Crippen molar-refractivity contribution in [3.05, 3.63) is 85.1 Å². The average molecular weight is 878 g/mol. The fourth-order valence-corrected chi connectivity index (χ4v) is 7.57. The molecule has 362 valence electrons. The van der Waals surface area contributed by atoms with Crippen LogP contribution in [0.25, 0.3) is 0 Å². The van der Waals surface area contributed by atoms with Gasteiger partial charge in [-0.1, -0.05) is 241 Å². The molecule has 0 aliphatic carbocycles. The summed E-state index contributed by atoms with van der Waals surface area (Å²) in [4.78, 5) is 26.2. The summed E-state index contributed by atoms with van der Waals surface area (Å²) >= 11 is 0. The molecule has 0 saturated carbocycles. The lowest BCUT2D eigenvalue weighted by Crippen LogP contribution is -2.46. The molecule has 0 aromatic rings. The van der Waals surface area contributed by atoms with Crippen molar-refractivity contribution < 1.29 is 24.5 Å². The first kappa shape index (κ1) is 60.0.